The van der Waals surface area contributed by atoms with Gasteiger partial charge in [-0.2, -0.15) is 11.3 Å². The van der Waals surface area contributed by atoms with Crippen LogP contribution in [0.15, 0.2) is 47.2 Å². The molecule has 1 heterocycles. The summed E-state index contributed by atoms with van der Waals surface area (Å²) < 4.78 is 16.8. The van der Waals surface area contributed by atoms with E-state index in [9.17, 15) is 14.6 Å². The van der Waals surface area contributed by atoms with Crippen LogP contribution in [0.2, 0.25) is 0 Å². The summed E-state index contributed by atoms with van der Waals surface area (Å²) in [6.45, 7) is -0.00415. The smallest absolute Gasteiger partial charge is 0.361 e. The second kappa shape index (κ2) is 5.78. The Morgan fingerprint density at radius 3 is 2.61 bits per heavy atom. The molecule has 0 amide bonds. The van der Waals surface area contributed by atoms with Gasteiger partial charge < -0.3 is 14.5 Å². The van der Waals surface area contributed by atoms with E-state index in [1.54, 1.807) is 29.0 Å². The first-order valence-electron chi connectivity index (χ1n) is 5.31. The van der Waals surface area contributed by atoms with Gasteiger partial charge in [0.2, 0.25) is 0 Å². The second-order valence-corrected chi connectivity index (χ2v) is 6.41. The van der Waals surface area contributed by atoms with Crippen LogP contribution < -0.4 is 0 Å². The molecule has 0 bridgehead atoms. The minimum atomic E-state index is -4.08. The summed E-state index contributed by atoms with van der Waals surface area (Å²) in [5.74, 6) is -1.49. The molecule has 6 heteroatoms. The average Bonchev–Trinajstić information content (AvgIpc) is 2.90. The fourth-order valence-electron chi connectivity index (χ4n) is 1.42. The third-order valence-corrected chi connectivity index (χ3v) is 4.53. The summed E-state index contributed by atoms with van der Waals surface area (Å²) in [6, 6.07) is 10.7. The topological polar surface area (TPSA) is 66.8 Å². The summed E-state index contributed by atoms with van der Waals surface area (Å²) in [6.07, 6.45) is 0. The van der Waals surface area contributed by atoms with Crippen LogP contribution in [0, 0.1) is 0 Å². The minimum Gasteiger partial charge on any atom is -0.376 e. The zero-order valence-electron chi connectivity index (χ0n) is 9.47. The van der Waals surface area contributed by atoms with Crippen molar-refractivity contribution >= 4 is 18.9 Å². The Labute approximate surface area is 109 Å². The van der Waals surface area contributed by atoms with Crippen LogP contribution in [-0.4, -0.2) is 10.00 Å². The molecule has 0 saturated heterocycles. The zero-order valence-corrected chi connectivity index (χ0v) is 11.2. The van der Waals surface area contributed by atoms with Crippen molar-refractivity contribution in [3.8, 4) is 0 Å². The van der Waals surface area contributed by atoms with E-state index in [2.05, 4.69) is 0 Å². The molecule has 1 aromatic heterocycles. The Morgan fingerprint density at radius 1 is 1.28 bits per heavy atom. The second-order valence-electron chi connectivity index (χ2n) is 3.75. The van der Waals surface area contributed by atoms with Crippen molar-refractivity contribution in [2.24, 2.45) is 0 Å². The first-order valence-corrected chi connectivity index (χ1v) is 7.89. The highest BCUT2D eigenvalue weighted by molar-refractivity contribution is 7.53. The highest BCUT2D eigenvalue weighted by Gasteiger charge is 2.32. The number of thiophene rings is 1. The van der Waals surface area contributed by atoms with Crippen molar-refractivity contribution in [3.63, 3.8) is 0 Å². The first kappa shape index (κ1) is 13.5. The molecule has 2 N–H and O–H groups in total. The maximum absolute atomic E-state index is 11.9. The maximum Gasteiger partial charge on any atom is 0.361 e. The Kier molecular flexibility index (Phi) is 4.32. The molecule has 2 unspecified atom stereocenters. The Morgan fingerprint density at radius 2 is 2.00 bits per heavy atom. The van der Waals surface area contributed by atoms with Crippen molar-refractivity contribution in [2.45, 2.75) is 12.5 Å². The van der Waals surface area contributed by atoms with E-state index in [4.69, 9.17) is 4.52 Å². The number of benzene rings is 1. The third kappa shape index (κ3) is 3.28. The van der Waals surface area contributed by atoms with E-state index in [0.717, 1.165) is 5.56 Å². The van der Waals surface area contributed by atoms with Crippen LogP contribution in [0.25, 0.3) is 0 Å². The molecule has 2 aromatic rings. The quantitative estimate of drug-likeness (QED) is 0.828. The van der Waals surface area contributed by atoms with Gasteiger partial charge in [-0.3, -0.25) is 4.57 Å². The van der Waals surface area contributed by atoms with E-state index in [1.807, 2.05) is 18.2 Å². The van der Waals surface area contributed by atoms with Gasteiger partial charge in [0.05, 0.1) is 6.61 Å². The molecular weight excluding hydrogens is 271 g/mol. The van der Waals surface area contributed by atoms with E-state index in [1.165, 1.54) is 11.3 Å². The Bertz CT molecular complexity index is 526. The molecule has 18 heavy (non-hydrogen) atoms. The van der Waals surface area contributed by atoms with Gasteiger partial charge in [-0.05, 0) is 22.4 Å². The van der Waals surface area contributed by atoms with Gasteiger partial charge in [0.1, 0.15) is 0 Å². The maximum atomic E-state index is 11.9. The molecular formula is C12H13O4PS. The van der Waals surface area contributed by atoms with Crippen LogP contribution >= 0.6 is 18.9 Å². The minimum absolute atomic E-state index is 0.00415. The van der Waals surface area contributed by atoms with Gasteiger partial charge in [0.15, 0.2) is 5.85 Å². The number of aliphatic hydroxyl groups is 1. The first-order chi connectivity index (χ1) is 8.59. The van der Waals surface area contributed by atoms with E-state index < -0.39 is 13.4 Å². The van der Waals surface area contributed by atoms with Crippen molar-refractivity contribution in [1.29, 1.82) is 0 Å². The molecule has 0 saturated carbocycles. The van der Waals surface area contributed by atoms with Crippen LogP contribution in [-0.2, 0) is 15.7 Å². The van der Waals surface area contributed by atoms with Crippen LogP contribution in [0.5, 0.6) is 0 Å². The highest BCUT2D eigenvalue weighted by atomic mass is 32.1. The molecule has 0 fully saturated rings. The monoisotopic (exact) mass is 284 g/mol. The Hall–Kier alpha value is -0.970. The zero-order chi connectivity index (χ0) is 13.0. The lowest BCUT2D eigenvalue weighted by Gasteiger charge is -2.17. The number of rotatable bonds is 5. The fourth-order valence-corrected chi connectivity index (χ4v) is 3.21. The lowest BCUT2D eigenvalue weighted by Crippen LogP contribution is -2.01. The molecule has 2 atom stereocenters. The summed E-state index contributed by atoms with van der Waals surface area (Å²) in [4.78, 5) is 9.70. The molecule has 2 rings (SSSR count). The summed E-state index contributed by atoms with van der Waals surface area (Å²) in [5.41, 5.74) is 1.18. The molecule has 0 aliphatic heterocycles. The fraction of sp³-hybridized carbons (Fsp3) is 0.167. The van der Waals surface area contributed by atoms with Crippen LogP contribution in [0.4, 0.5) is 0 Å². The molecule has 0 radical (unpaired) electrons. The predicted octanol–water partition coefficient (Wildman–Crippen LogP) is 3.14. The SMILES string of the molecule is O=P(O)(OCc1ccccc1)C(O)c1ccsc1. The number of hydrogen-bond donors (Lipinski definition) is 2. The lowest BCUT2D eigenvalue weighted by molar-refractivity contribution is 0.168. The van der Waals surface area contributed by atoms with Gasteiger partial charge in [-0.1, -0.05) is 30.3 Å². The van der Waals surface area contributed by atoms with Gasteiger partial charge in [-0.25, -0.2) is 0 Å². The standard InChI is InChI=1S/C12H13O4PS/c13-12(11-6-7-18-9-11)17(14,15)16-8-10-4-2-1-3-5-10/h1-7,9,12-13H,8H2,(H,14,15). The van der Waals surface area contributed by atoms with Gasteiger partial charge in [0, 0.05) is 5.56 Å². The molecule has 4 nitrogen and oxygen atoms in total. The summed E-state index contributed by atoms with van der Waals surface area (Å²) >= 11 is 1.35. The van der Waals surface area contributed by atoms with E-state index in [-0.39, 0.29) is 6.61 Å². The Balaban J connectivity index is 2.01. The van der Waals surface area contributed by atoms with Gasteiger partial charge in [0.25, 0.3) is 0 Å². The van der Waals surface area contributed by atoms with Gasteiger partial charge >= 0.3 is 7.60 Å². The molecule has 96 valence electrons. The van der Waals surface area contributed by atoms with E-state index >= 15 is 0 Å². The molecule has 0 aliphatic rings. The average molecular weight is 284 g/mol. The molecule has 0 aliphatic carbocycles. The third-order valence-electron chi connectivity index (χ3n) is 2.41. The van der Waals surface area contributed by atoms with Crippen molar-refractivity contribution in [1.82, 2.24) is 0 Å². The van der Waals surface area contributed by atoms with Crippen LogP contribution in [0.3, 0.4) is 0 Å². The van der Waals surface area contributed by atoms with E-state index in [0.29, 0.717) is 5.56 Å². The highest BCUT2D eigenvalue weighted by Crippen LogP contribution is 2.55. The normalized spacial score (nSPS) is 16.1. The van der Waals surface area contributed by atoms with Crippen molar-refractivity contribution < 1.29 is 19.1 Å². The van der Waals surface area contributed by atoms with Crippen LogP contribution in [0.1, 0.15) is 17.0 Å². The van der Waals surface area contributed by atoms with Crippen molar-refractivity contribution in [2.75, 3.05) is 0 Å². The summed E-state index contributed by atoms with van der Waals surface area (Å²) in [5, 5.41) is 13.1. The number of aliphatic hydroxyl groups excluding tert-OH is 1. The number of hydrogen-bond acceptors (Lipinski definition) is 4. The lowest BCUT2D eigenvalue weighted by atomic mass is 10.2. The largest absolute Gasteiger partial charge is 0.376 e. The predicted molar refractivity (Wildman–Crippen MR) is 70.3 cm³/mol. The van der Waals surface area contributed by atoms with Crippen molar-refractivity contribution in [3.05, 3.63) is 58.3 Å². The summed E-state index contributed by atoms with van der Waals surface area (Å²) in [7, 11) is -4.08. The molecule has 0 spiro atoms. The van der Waals surface area contributed by atoms with Gasteiger partial charge in [-0.15, -0.1) is 0 Å². The molecule has 1 aromatic carbocycles.